The van der Waals surface area contributed by atoms with Gasteiger partial charge in [0.25, 0.3) is 0 Å². The van der Waals surface area contributed by atoms with Crippen molar-refractivity contribution in [1.82, 2.24) is 10.3 Å². The van der Waals surface area contributed by atoms with Crippen LogP contribution in [0.2, 0.25) is 0 Å². The van der Waals surface area contributed by atoms with E-state index in [1.807, 2.05) is 19.1 Å². The second-order valence-electron chi connectivity index (χ2n) is 3.64. The maximum atomic E-state index is 10.8. The van der Waals surface area contributed by atoms with Crippen molar-refractivity contribution in [3.63, 3.8) is 0 Å². The number of carboxylic acid groups (broad SMARTS) is 2. The van der Waals surface area contributed by atoms with E-state index in [-0.39, 0.29) is 19.0 Å². The van der Waals surface area contributed by atoms with E-state index in [0.29, 0.717) is 5.69 Å². The monoisotopic (exact) mass is 274 g/mol. The third kappa shape index (κ3) is 5.60. The van der Waals surface area contributed by atoms with Crippen molar-refractivity contribution < 1.29 is 19.8 Å². The highest BCUT2D eigenvalue weighted by molar-refractivity contribution is 5.85. The van der Waals surface area contributed by atoms with Crippen molar-refractivity contribution in [3.8, 4) is 0 Å². The Labute approximate surface area is 110 Å². The Morgan fingerprint density at radius 2 is 2.06 bits per heavy atom. The molecule has 1 aromatic heterocycles. The van der Waals surface area contributed by atoms with Gasteiger partial charge >= 0.3 is 11.9 Å². The molecule has 18 heavy (non-hydrogen) atoms. The summed E-state index contributed by atoms with van der Waals surface area (Å²) in [7, 11) is 0. The summed E-state index contributed by atoms with van der Waals surface area (Å²) in [4.78, 5) is 25.4. The molecule has 0 saturated carbocycles. The van der Waals surface area contributed by atoms with Crippen molar-refractivity contribution >= 4 is 24.3 Å². The van der Waals surface area contributed by atoms with Crippen LogP contribution in [0.3, 0.4) is 0 Å². The van der Waals surface area contributed by atoms with Crippen LogP contribution in [0.25, 0.3) is 0 Å². The summed E-state index contributed by atoms with van der Waals surface area (Å²) in [6.45, 7) is 2.06. The topological polar surface area (TPSA) is 99.5 Å². The van der Waals surface area contributed by atoms with E-state index in [9.17, 15) is 9.59 Å². The van der Waals surface area contributed by atoms with E-state index < -0.39 is 24.4 Å². The molecule has 1 aromatic rings. The fraction of sp³-hybridized carbons (Fsp3) is 0.364. The van der Waals surface area contributed by atoms with Crippen LogP contribution >= 0.6 is 12.4 Å². The highest BCUT2D eigenvalue weighted by Crippen LogP contribution is 2.00. The number of hydrogen-bond donors (Lipinski definition) is 3. The Hall–Kier alpha value is -1.66. The lowest BCUT2D eigenvalue weighted by Crippen LogP contribution is -2.38. The summed E-state index contributed by atoms with van der Waals surface area (Å²) in [5, 5.41) is 20.0. The van der Waals surface area contributed by atoms with Crippen molar-refractivity contribution in [3.05, 3.63) is 29.6 Å². The molecule has 3 N–H and O–H groups in total. The molecular weight excluding hydrogens is 260 g/mol. The summed E-state index contributed by atoms with van der Waals surface area (Å²) >= 11 is 0. The van der Waals surface area contributed by atoms with Gasteiger partial charge in [-0.2, -0.15) is 0 Å². The molecular formula is C11H15ClN2O4. The highest BCUT2D eigenvalue weighted by Gasteiger charge is 2.20. The number of aliphatic carboxylic acids is 2. The number of carboxylic acids is 2. The molecule has 0 aromatic carbocycles. The molecule has 0 amide bonds. The fourth-order valence-electron chi connectivity index (χ4n) is 1.35. The minimum absolute atomic E-state index is 0. The predicted molar refractivity (Wildman–Crippen MR) is 66.7 cm³/mol. The largest absolute Gasteiger partial charge is 0.481 e. The minimum atomic E-state index is -1.18. The van der Waals surface area contributed by atoms with Gasteiger partial charge in [0.15, 0.2) is 0 Å². The molecule has 6 nitrogen and oxygen atoms in total. The van der Waals surface area contributed by atoms with E-state index in [0.717, 1.165) is 5.69 Å². The zero-order valence-electron chi connectivity index (χ0n) is 9.79. The Kier molecular flexibility index (Phi) is 6.92. The molecule has 0 bridgehead atoms. The standard InChI is InChI=1S/C11H14N2O4.ClH/c1-7-3-2-4-8(13-7)6-12-9(11(16)17)5-10(14)15;/h2-4,9,12H,5-6H2,1H3,(H,14,15)(H,16,17);1H/t9-;/m0./s1. The number of aromatic nitrogens is 1. The number of nitrogens with zero attached hydrogens (tertiary/aromatic N) is 1. The van der Waals surface area contributed by atoms with Gasteiger partial charge in [-0.1, -0.05) is 6.07 Å². The molecule has 100 valence electrons. The van der Waals surface area contributed by atoms with Gasteiger partial charge in [0, 0.05) is 12.2 Å². The summed E-state index contributed by atoms with van der Waals surface area (Å²) in [6, 6.07) is 4.29. The molecule has 0 radical (unpaired) electrons. The van der Waals surface area contributed by atoms with Crippen LogP contribution in [0.4, 0.5) is 0 Å². The summed E-state index contributed by atoms with van der Waals surface area (Å²) in [6.07, 6.45) is -0.457. The number of nitrogens with one attached hydrogen (secondary N) is 1. The maximum absolute atomic E-state index is 10.8. The Morgan fingerprint density at radius 3 is 2.56 bits per heavy atom. The lowest BCUT2D eigenvalue weighted by atomic mass is 10.2. The van der Waals surface area contributed by atoms with E-state index in [4.69, 9.17) is 10.2 Å². The average molecular weight is 275 g/mol. The van der Waals surface area contributed by atoms with Crippen LogP contribution in [0.5, 0.6) is 0 Å². The predicted octanol–water partition coefficient (Wildman–Crippen LogP) is 0.829. The second-order valence-corrected chi connectivity index (χ2v) is 3.64. The van der Waals surface area contributed by atoms with Crippen LogP contribution in [-0.4, -0.2) is 33.2 Å². The molecule has 0 aliphatic heterocycles. The van der Waals surface area contributed by atoms with E-state index in [1.165, 1.54) is 0 Å². The Balaban J connectivity index is 0.00000289. The van der Waals surface area contributed by atoms with Crippen molar-refractivity contribution in [2.45, 2.75) is 25.9 Å². The highest BCUT2D eigenvalue weighted by atomic mass is 35.5. The van der Waals surface area contributed by atoms with E-state index >= 15 is 0 Å². The van der Waals surface area contributed by atoms with Crippen LogP contribution < -0.4 is 5.32 Å². The molecule has 0 unspecified atom stereocenters. The number of pyridine rings is 1. The molecule has 0 fully saturated rings. The average Bonchev–Trinajstić information content (AvgIpc) is 2.23. The fourth-order valence-corrected chi connectivity index (χ4v) is 1.35. The first kappa shape index (κ1) is 16.3. The van der Waals surface area contributed by atoms with Crippen molar-refractivity contribution in [1.29, 1.82) is 0 Å². The SMILES string of the molecule is Cc1cccc(CN[C@@H](CC(=O)O)C(=O)O)n1.Cl. The minimum Gasteiger partial charge on any atom is -0.481 e. The van der Waals surface area contributed by atoms with Gasteiger partial charge in [-0.3, -0.25) is 19.9 Å². The van der Waals surface area contributed by atoms with Gasteiger partial charge < -0.3 is 10.2 Å². The first-order valence-corrected chi connectivity index (χ1v) is 5.09. The molecule has 0 saturated heterocycles. The van der Waals surface area contributed by atoms with Gasteiger partial charge in [-0.05, 0) is 19.1 Å². The zero-order chi connectivity index (χ0) is 12.8. The van der Waals surface area contributed by atoms with Gasteiger partial charge in [0.1, 0.15) is 6.04 Å². The van der Waals surface area contributed by atoms with Gasteiger partial charge in [0.05, 0.1) is 12.1 Å². The number of rotatable bonds is 6. The Bertz CT molecular complexity index is 425. The number of aryl methyl sites for hydroxylation is 1. The molecule has 7 heteroatoms. The van der Waals surface area contributed by atoms with Gasteiger partial charge in [-0.25, -0.2) is 0 Å². The third-order valence-electron chi connectivity index (χ3n) is 2.15. The van der Waals surface area contributed by atoms with Crippen LogP contribution in [-0.2, 0) is 16.1 Å². The number of hydrogen-bond acceptors (Lipinski definition) is 4. The molecule has 1 rings (SSSR count). The smallest absolute Gasteiger partial charge is 0.321 e. The lowest BCUT2D eigenvalue weighted by molar-refractivity contribution is -0.146. The zero-order valence-corrected chi connectivity index (χ0v) is 10.6. The van der Waals surface area contributed by atoms with Gasteiger partial charge in [0.2, 0.25) is 0 Å². The molecule has 0 aliphatic carbocycles. The van der Waals surface area contributed by atoms with E-state index in [1.54, 1.807) is 6.07 Å². The second kappa shape index (κ2) is 7.62. The van der Waals surface area contributed by atoms with Crippen molar-refractivity contribution in [2.24, 2.45) is 0 Å². The quantitative estimate of drug-likeness (QED) is 0.710. The summed E-state index contributed by atoms with van der Waals surface area (Å²) in [5.41, 5.74) is 1.51. The van der Waals surface area contributed by atoms with E-state index in [2.05, 4.69) is 10.3 Å². The normalized spacial score (nSPS) is 11.4. The van der Waals surface area contributed by atoms with Crippen LogP contribution in [0, 0.1) is 6.92 Å². The number of halogens is 1. The maximum Gasteiger partial charge on any atom is 0.321 e. The molecule has 1 atom stereocenters. The molecule has 0 aliphatic rings. The summed E-state index contributed by atoms with van der Waals surface area (Å²) in [5.74, 6) is -2.33. The van der Waals surface area contributed by atoms with Gasteiger partial charge in [-0.15, -0.1) is 12.4 Å². The third-order valence-corrected chi connectivity index (χ3v) is 2.15. The first-order chi connectivity index (χ1) is 7.99. The molecule has 1 heterocycles. The lowest BCUT2D eigenvalue weighted by Gasteiger charge is -2.11. The van der Waals surface area contributed by atoms with Crippen LogP contribution in [0.15, 0.2) is 18.2 Å². The van der Waals surface area contributed by atoms with Crippen LogP contribution in [0.1, 0.15) is 17.8 Å². The Morgan fingerprint density at radius 1 is 1.39 bits per heavy atom. The first-order valence-electron chi connectivity index (χ1n) is 5.09. The summed E-state index contributed by atoms with van der Waals surface area (Å²) < 4.78 is 0. The van der Waals surface area contributed by atoms with Crippen molar-refractivity contribution in [2.75, 3.05) is 0 Å². The number of carbonyl (C=O) groups is 2. The molecule has 0 spiro atoms.